The van der Waals surface area contributed by atoms with E-state index in [9.17, 15) is 0 Å². The molecular weight excluding hydrogens is 353 g/mol. The Morgan fingerprint density at radius 3 is 2.74 bits per heavy atom. The van der Waals surface area contributed by atoms with Gasteiger partial charge in [0.05, 0.1) is 16.8 Å². The van der Waals surface area contributed by atoms with Crippen LogP contribution >= 0.6 is 22.6 Å². The van der Waals surface area contributed by atoms with E-state index in [1.807, 2.05) is 6.92 Å². The van der Waals surface area contributed by atoms with Gasteiger partial charge in [0.2, 0.25) is 0 Å². The molecular formula is C15H18INO2. The Morgan fingerprint density at radius 1 is 1.32 bits per heavy atom. The predicted octanol–water partition coefficient (Wildman–Crippen LogP) is 4.43. The van der Waals surface area contributed by atoms with Gasteiger partial charge in [0.15, 0.2) is 0 Å². The van der Waals surface area contributed by atoms with E-state index in [0.29, 0.717) is 19.1 Å². The van der Waals surface area contributed by atoms with Crippen LogP contribution in [0, 0.1) is 10.5 Å². The number of ether oxygens (including phenoxy) is 1. The largest absolute Gasteiger partial charge is 0.370 e. The van der Waals surface area contributed by atoms with Crippen molar-refractivity contribution >= 4 is 22.6 Å². The minimum atomic E-state index is 0.488. The molecule has 0 atom stereocenters. The topological polar surface area (TPSA) is 35.3 Å². The molecule has 0 fully saturated rings. The summed E-state index contributed by atoms with van der Waals surface area (Å²) < 4.78 is 11.9. The van der Waals surface area contributed by atoms with Crippen molar-refractivity contribution in [2.75, 3.05) is 0 Å². The average molecular weight is 371 g/mol. The van der Waals surface area contributed by atoms with E-state index >= 15 is 0 Å². The standard InChI is InChI=1S/C15H18INO2/c1-10(2)13-6-4-5-12(7-13)8-18-9-14-15(16)11(3)19-17-14/h4-7,10H,8-9H2,1-3H3. The third-order valence-electron chi connectivity index (χ3n) is 2.98. The van der Waals surface area contributed by atoms with Crippen LogP contribution in [0.1, 0.15) is 42.3 Å². The lowest BCUT2D eigenvalue weighted by Gasteiger charge is -2.08. The highest BCUT2D eigenvalue weighted by Gasteiger charge is 2.09. The van der Waals surface area contributed by atoms with Crippen LogP contribution in [0.25, 0.3) is 0 Å². The number of halogens is 1. The second kappa shape index (κ2) is 6.52. The average Bonchev–Trinajstić information content (AvgIpc) is 2.71. The van der Waals surface area contributed by atoms with Crippen molar-refractivity contribution in [1.82, 2.24) is 5.16 Å². The smallest absolute Gasteiger partial charge is 0.147 e. The summed E-state index contributed by atoms with van der Waals surface area (Å²) in [7, 11) is 0. The molecule has 0 aliphatic rings. The van der Waals surface area contributed by atoms with Crippen molar-refractivity contribution in [3.05, 3.63) is 50.4 Å². The Bertz CT molecular complexity index is 549. The van der Waals surface area contributed by atoms with E-state index in [-0.39, 0.29) is 0 Å². The second-order valence-electron chi connectivity index (χ2n) is 4.89. The normalized spacial score (nSPS) is 11.2. The predicted molar refractivity (Wildman–Crippen MR) is 83.0 cm³/mol. The van der Waals surface area contributed by atoms with Crippen LogP contribution in [0.2, 0.25) is 0 Å². The molecule has 0 saturated heterocycles. The fraction of sp³-hybridized carbons (Fsp3) is 0.400. The highest BCUT2D eigenvalue weighted by Crippen LogP contribution is 2.18. The van der Waals surface area contributed by atoms with Crippen LogP contribution < -0.4 is 0 Å². The minimum absolute atomic E-state index is 0.488. The van der Waals surface area contributed by atoms with E-state index in [0.717, 1.165) is 15.0 Å². The third-order valence-corrected chi connectivity index (χ3v) is 4.36. The molecule has 102 valence electrons. The Balaban J connectivity index is 1.92. The zero-order valence-corrected chi connectivity index (χ0v) is 13.6. The number of nitrogens with zero attached hydrogens (tertiary/aromatic N) is 1. The van der Waals surface area contributed by atoms with Gasteiger partial charge >= 0.3 is 0 Å². The van der Waals surface area contributed by atoms with Gasteiger partial charge in [-0.1, -0.05) is 43.3 Å². The summed E-state index contributed by atoms with van der Waals surface area (Å²) >= 11 is 2.23. The molecule has 2 rings (SSSR count). The van der Waals surface area contributed by atoms with Crippen molar-refractivity contribution in [1.29, 1.82) is 0 Å². The first kappa shape index (κ1) is 14.5. The highest BCUT2D eigenvalue weighted by molar-refractivity contribution is 14.1. The Labute approximate surface area is 127 Å². The molecule has 0 saturated carbocycles. The molecule has 0 spiro atoms. The first-order chi connectivity index (χ1) is 9.08. The van der Waals surface area contributed by atoms with Crippen molar-refractivity contribution in [3.63, 3.8) is 0 Å². The van der Waals surface area contributed by atoms with Gasteiger partial charge < -0.3 is 9.26 Å². The van der Waals surface area contributed by atoms with E-state index < -0.39 is 0 Å². The lowest BCUT2D eigenvalue weighted by molar-refractivity contribution is 0.102. The molecule has 1 aromatic heterocycles. The van der Waals surface area contributed by atoms with Crippen molar-refractivity contribution < 1.29 is 9.26 Å². The van der Waals surface area contributed by atoms with Crippen LogP contribution in [0.5, 0.6) is 0 Å². The van der Waals surface area contributed by atoms with Gasteiger partial charge in [0, 0.05) is 0 Å². The molecule has 0 unspecified atom stereocenters. The highest BCUT2D eigenvalue weighted by atomic mass is 127. The minimum Gasteiger partial charge on any atom is -0.370 e. The molecule has 1 heterocycles. The molecule has 19 heavy (non-hydrogen) atoms. The fourth-order valence-electron chi connectivity index (χ4n) is 1.80. The summed E-state index contributed by atoms with van der Waals surface area (Å²) in [5.41, 5.74) is 3.41. The molecule has 1 aromatic carbocycles. The van der Waals surface area contributed by atoms with Gasteiger partial charge in [0.1, 0.15) is 11.5 Å². The van der Waals surface area contributed by atoms with Gasteiger partial charge in [-0.3, -0.25) is 0 Å². The van der Waals surface area contributed by atoms with Crippen molar-refractivity contribution in [3.8, 4) is 0 Å². The summed E-state index contributed by atoms with van der Waals surface area (Å²) in [6.45, 7) is 7.38. The Hall–Kier alpha value is -0.880. The van der Waals surface area contributed by atoms with Crippen LogP contribution in [0.3, 0.4) is 0 Å². The van der Waals surface area contributed by atoms with Gasteiger partial charge in [-0.05, 0) is 46.6 Å². The van der Waals surface area contributed by atoms with Gasteiger partial charge in [-0.15, -0.1) is 0 Å². The maximum Gasteiger partial charge on any atom is 0.147 e. The van der Waals surface area contributed by atoms with E-state index in [4.69, 9.17) is 9.26 Å². The van der Waals surface area contributed by atoms with E-state index in [1.54, 1.807) is 0 Å². The lowest BCUT2D eigenvalue weighted by Crippen LogP contribution is -1.97. The van der Waals surface area contributed by atoms with Gasteiger partial charge in [0.25, 0.3) is 0 Å². The van der Waals surface area contributed by atoms with Crippen molar-refractivity contribution in [2.45, 2.75) is 39.9 Å². The number of aromatic nitrogens is 1. The van der Waals surface area contributed by atoms with Crippen LogP contribution in [0.4, 0.5) is 0 Å². The number of aryl methyl sites for hydroxylation is 1. The van der Waals surface area contributed by atoms with Crippen molar-refractivity contribution in [2.24, 2.45) is 0 Å². The number of benzene rings is 1. The first-order valence-corrected chi connectivity index (χ1v) is 7.43. The number of hydrogen-bond donors (Lipinski definition) is 0. The maximum atomic E-state index is 5.71. The fourth-order valence-corrected chi connectivity index (χ4v) is 2.16. The third kappa shape index (κ3) is 3.79. The Morgan fingerprint density at radius 2 is 2.11 bits per heavy atom. The summed E-state index contributed by atoms with van der Waals surface area (Å²) in [5, 5.41) is 3.98. The molecule has 2 aromatic rings. The SMILES string of the molecule is Cc1onc(COCc2cccc(C(C)C)c2)c1I. The summed E-state index contributed by atoms with van der Waals surface area (Å²) in [4.78, 5) is 0. The number of hydrogen-bond acceptors (Lipinski definition) is 3. The molecule has 0 bridgehead atoms. The zero-order valence-electron chi connectivity index (χ0n) is 11.4. The molecule has 0 radical (unpaired) electrons. The van der Waals surface area contributed by atoms with E-state index in [1.165, 1.54) is 11.1 Å². The monoisotopic (exact) mass is 371 g/mol. The van der Waals surface area contributed by atoms with Crippen LogP contribution in [-0.4, -0.2) is 5.16 Å². The number of rotatable bonds is 5. The lowest BCUT2D eigenvalue weighted by atomic mass is 10.0. The molecule has 3 nitrogen and oxygen atoms in total. The van der Waals surface area contributed by atoms with Gasteiger partial charge in [-0.25, -0.2) is 0 Å². The quantitative estimate of drug-likeness (QED) is 0.730. The maximum absolute atomic E-state index is 5.71. The van der Waals surface area contributed by atoms with E-state index in [2.05, 4.69) is 65.9 Å². The summed E-state index contributed by atoms with van der Waals surface area (Å²) in [5.74, 6) is 1.39. The molecule has 0 aliphatic carbocycles. The van der Waals surface area contributed by atoms with Crippen LogP contribution in [0.15, 0.2) is 28.8 Å². The first-order valence-electron chi connectivity index (χ1n) is 6.35. The summed E-state index contributed by atoms with van der Waals surface area (Å²) in [6.07, 6.45) is 0. The summed E-state index contributed by atoms with van der Waals surface area (Å²) in [6, 6.07) is 8.52. The molecule has 0 amide bonds. The molecule has 0 aliphatic heterocycles. The van der Waals surface area contributed by atoms with Crippen LogP contribution in [-0.2, 0) is 18.0 Å². The van der Waals surface area contributed by atoms with Gasteiger partial charge in [-0.2, -0.15) is 0 Å². The molecule has 0 N–H and O–H groups in total. The Kier molecular flexibility index (Phi) is 4.99. The zero-order chi connectivity index (χ0) is 13.8. The second-order valence-corrected chi connectivity index (χ2v) is 5.97. The molecule has 4 heteroatoms.